The second-order valence-corrected chi connectivity index (χ2v) is 4.33. The van der Waals surface area contributed by atoms with Crippen LogP contribution in [-0.4, -0.2) is 15.4 Å². The summed E-state index contributed by atoms with van der Waals surface area (Å²) in [6.07, 6.45) is 0. The van der Waals surface area contributed by atoms with E-state index < -0.39 is 16.2 Å². The van der Waals surface area contributed by atoms with Crippen molar-refractivity contribution in [2.75, 3.05) is 0 Å². The third-order valence-electron chi connectivity index (χ3n) is 1.72. The van der Waals surface area contributed by atoms with Crippen molar-refractivity contribution in [3.63, 3.8) is 0 Å². The normalized spacial score (nSPS) is 15.1. The molecule has 0 aliphatic carbocycles. The predicted molar refractivity (Wildman–Crippen MR) is 46.1 cm³/mol. The van der Waals surface area contributed by atoms with E-state index in [1.165, 1.54) is 6.92 Å². The van der Waals surface area contributed by atoms with Crippen LogP contribution in [0, 0.1) is 11.8 Å². The first-order valence-corrected chi connectivity index (χ1v) is 4.16. The molecule has 66 valence electrons. The molecule has 4 heteroatoms. The number of halogens is 2. The highest BCUT2D eigenvalue weighted by molar-refractivity contribution is 6.49. The number of hydrogen-bond acceptors (Lipinski definition) is 1. The Balaban J connectivity index is 4.41. The van der Waals surface area contributed by atoms with E-state index in [2.05, 4.69) is 0 Å². The highest BCUT2D eigenvalue weighted by atomic mass is 35.5. The van der Waals surface area contributed by atoms with E-state index in [0.717, 1.165) is 0 Å². The predicted octanol–water partition coefficient (Wildman–Crippen LogP) is 2.54. The molecular weight excluding hydrogens is 187 g/mol. The number of aliphatic carboxylic acids is 1. The lowest BCUT2D eigenvalue weighted by atomic mass is 9.97. The largest absolute Gasteiger partial charge is 0.481 e. The summed E-state index contributed by atoms with van der Waals surface area (Å²) in [5.41, 5.74) is 0. The standard InChI is InChI=1S/C7H12Cl2O2/c1-4(2)7(8,9)5(3)6(10)11/h4-5H,1-3H3,(H,10,11). The summed E-state index contributed by atoms with van der Waals surface area (Å²) in [6.45, 7) is 5.08. The minimum atomic E-state index is -1.17. The van der Waals surface area contributed by atoms with Crippen LogP contribution in [0.25, 0.3) is 0 Å². The molecule has 0 aliphatic heterocycles. The minimum Gasteiger partial charge on any atom is -0.481 e. The number of carbonyl (C=O) groups is 1. The summed E-state index contributed by atoms with van der Waals surface area (Å²) in [6, 6.07) is 0. The molecule has 0 spiro atoms. The van der Waals surface area contributed by atoms with Crippen LogP contribution in [0.4, 0.5) is 0 Å². The molecule has 0 amide bonds. The molecule has 0 bridgehead atoms. The van der Waals surface area contributed by atoms with Crippen LogP contribution in [0.2, 0.25) is 0 Å². The van der Waals surface area contributed by atoms with Gasteiger partial charge in [0.2, 0.25) is 0 Å². The molecule has 0 aromatic heterocycles. The molecule has 2 nitrogen and oxygen atoms in total. The van der Waals surface area contributed by atoms with E-state index in [9.17, 15) is 4.79 Å². The van der Waals surface area contributed by atoms with Gasteiger partial charge >= 0.3 is 5.97 Å². The number of carboxylic acid groups (broad SMARTS) is 1. The summed E-state index contributed by atoms with van der Waals surface area (Å²) >= 11 is 11.6. The van der Waals surface area contributed by atoms with E-state index in [1.807, 2.05) is 0 Å². The van der Waals surface area contributed by atoms with Crippen LogP contribution in [0.1, 0.15) is 20.8 Å². The number of alkyl halides is 2. The lowest BCUT2D eigenvalue weighted by Gasteiger charge is -2.27. The fourth-order valence-corrected chi connectivity index (χ4v) is 0.851. The van der Waals surface area contributed by atoms with Gasteiger partial charge in [-0.15, -0.1) is 23.2 Å². The molecule has 1 atom stereocenters. The molecule has 0 aliphatic rings. The highest BCUT2D eigenvalue weighted by Crippen LogP contribution is 2.37. The molecule has 11 heavy (non-hydrogen) atoms. The van der Waals surface area contributed by atoms with Crippen molar-refractivity contribution in [3.8, 4) is 0 Å². The monoisotopic (exact) mass is 198 g/mol. The van der Waals surface area contributed by atoms with Crippen molar-refractivity contribution in [2.24, 2.45) is 11.8 Å². The van der Waals surface area contributed by atoms with Gasteiger partial charge in [0.1, 0.15) is 4.33 Å². The molecule has 1 N–H and O–H groups in total. The second kappa shape index (κ2) is 3.63. The van der Waals surface area contributed by atoms with Gasteiger partial charge in [0.25, 0.3) is 0 Å². The minimum absolute atomic E-state index is 0.0723. The smallest absolute Gasteiger partial charge is 0.309 e. The second-order valence-electron chi connectivity index (χ2n) is 2.89. The molecule has 1 unspecified atom stereocenters. The Morgan fingerprint density at radius 1 is 1.36 bits per heavy atom. The summed E-state index contributed by atoms with van der Waals surface area (Å²) in [4.78, 5) is 10.5. The van der Waals surface area contributed by atoms with Gasteiger partial charge < -0.3 is 5.11 Å². The summed E-state index contributed by atoms with van der Waals surface area (Å²) in [5.74, 6) is -1.79. The maximum absolute atomic E-state index is 10.5. The van der Waals surface area contributed by atoms with Gasteiger partial charge in [0, 0.05) is 0 Å². The van der Waals surface area contributed by atoms with Crippen molar-refractivity contribution >= 4 is 29.2 Å². The maximum Gasteiger partial charge on any atom is 0.309 e. The van der Waals surface area contributed by atoms with Gasteiger partial charge in [-0.05, 0) is 12.8 Å². The van der Waals surface area contributed by atoms with E-state index in [0.29, 0.717) is 0 Å². The number of hydrogen-bond donors (Lipinski definition) is 1. The Morgan fingerprint density at radius 2 is 1.73 bits per heavy atom. The van der Waals surface area contributed by atoms with Crippen LogP contribution in [0.3, 0.4) is 0 Å². The quantitative estimate of drug-likeness (QED) is 0.709. The molecule has 0 saturated heterocycles. The topological polar surface area (TPSA) is 37.3 Å². The summed E-state index contributed by atoms with van der Waals surface area (Å²) in [7, 11) is 0. The van der Waals surface area contributed by atoms with Gasteiger partial charge in [-0.25, -0.2) is 0 Å². The van der Waals surface area contributed by atoms with E-state index in [-0.39, 0.29) is 5.92 Å². The zero-order valence-corrected chi connectivity index (χ0v) is 8.28. The Labute approximate surface area is 76.5 Å². The molecule has 0 heterocycles. The van der Waals surface area contributed by atoms with Crippen LogP contribution >= 0.6 is 23.2 Å². The lowest BCUT2D eigenvalue weighted by molar-refractivity contribution is -0.141. The Kier molecular flexibility index (Phi) is 3.65. The Hall–Kier alpha value is 0.0500. The SMILES string of the molecule is CC(C)C(Cl)(Cl)C(C)C(=O)O. The maximum atomic E-state index is 10.5. The van der Waals surface area contributed by atoms with Crippen LogP contribution in [0.5, 0.6) is 0 Å². The summed E-state index contributed by atoms with van der Waals surface area (Å²) < 4.78 is -1.17. The molecule has 0 radical (unpaired) electrons. The molecule has 0 saturated carbocycles. The van der Waals surface area contributed by atoms with Gasteiger partial charge in [-0.2, -0.15) is 0 Å². The lowest BCUT2D eigenvalue weighted by Crippen LogP contribution is -2.34. The number of carboxylic acids is 1. The van der Waals surface area contributed by atoms with Crippen LogP contribution in [0.15, 0.2) is 0 Å². The first kappa shape index (κ1) is 11.1. The fraction of sp³-hybridized carbons (Fsp3) is 0.857. The summed E-state index contributed by atoms with van der Waals surface area (Å²) in [5, 5.41) is 8.60. The van der Waals surface area contributed by atoms with E-state index in [1.54, 1.807) is 13.8 Å². The average Bonchev–Trinajstić information content (AvgIpc) is 1.85. The van der Waals surface area contributed by atoms with Crippen molar-refractivity contribution in [2.45, 2.75) is 25.1 Å². The van der Waals surface area contributed by atoms with Gasteiger partial charge in [0.05, 0.1) is 5.92 Å². The zero-order chi connectivity index (χ0) is 9.23. The highest BCUT2D eigenvalue weighted by Gasteiger charge is 2.39. The number of rotatable bonds is 3. The zero-order valence-electron chi connectivity index (χ0n) is 6.77. The average molecular weight is 199 g/mol. The molecule has 0 aromatic carbocycles. The van der Waals surface area contributed by atoms with E-state index >= 15 is 0 Å². The third-order valence-corrected chi connectivity index (χ3v) is 3.25. The van der Waals surface area contributed by atoms with Gasteiger partial charge in [-0.3, -0.25) is 4.79 Å². The fourth-order valence-electron chi connectivity index (χ4n) is 0.665. The van der Waals surface area contributed by atoms with Crippen molar-refractivity contribution < 1.29 is 9.90 Å². The Morgan fingerprint density at radius 3 is 1.82 bits per heavy atom. The van der Waals surface area contributed by atoms with E-state index in [4.69, 9.17) is 28.3 Å². The Bertz CT molecular complexity index is 155. The first-order chi connectivity index (χ1) is 4.80. The van der Waals surface area contributed by atoms with Crippen LogP contribution in [-0.2, 0) is 4.79 Å². The molecule has 0 aromatic rings. The van der Waals surface area contributed by atoms with Crippen molar-refractivity contribution in [1.29, 1.82) is 0 Å². The molecule has 0 rings (SSSR count). The molecule has 0 fully saturated rings. The first-order valence-electron chi connectivity index (χ1n) is 3.40. The molecular formula is C7H12Cl2O2. The van der Waals surface area contributed by atoms with Gasteiger partial charge in [-0.1, -0.05) is 13.8 Å². The third kappa shape index (κ3) is 2.53. The van der Waals surface area contributed by atoms with Crippen LogP contribution < -0.4 is 0 Å². The van der Waals surface area contributed by atoms with Crippen molar-refractivity contribution in [1.82, 2.24) is 0 Å². The van der Waals surface area contributed by atoms with Crippen molar-refractivity contribution in [3.05, 3.63) is 0 Å². The van der Waals surface area contributed by atoms with Gasteiger partial charge in [0.15, 0.2) is 0 Å².